The van der Waals surface area contributed by atoms with Crippen molar-refractivity contribution in [1.82, 2.24) is 10.6 Å². The lowest BCUT2D eigenvalue weighted by Crippen LogP contribution is -2.41. The van der Waals surface area contributed by atoms with E-state index in [1.807, 2.05) is 66.7 Å². The molecule has 4 aromatic carbocycles. The van der Waals surface area contributed by atoms with Gasteiger partial charge in [-0.2, -0.15) is 0 Å². The van der Waals surface area contributed by atoms with Gasteiger partial charge in [0.15, 0.2) is 0 Å². The minimum atomic E-state index is -1.24. The number of phenols is 1. The molecule has 4 aromatic rings. The summed E-state index contributed by atoms with van der Waals surface area (Å²) in [6, 6.07) is 28.1. The molecule has 0 heterocycles. The van der Waals surface area contributed by atoms with Crippen molar-refractivity contribution in [2.75, 3.05) is 18.5 Å². The molecule has 0 spiro atoms. The number of phenolic OH excluding ortho intramolecular Hbond substituents is 1. The number of carbonyl (C=O) groups is 4. The van der Waals surface area contributed by atoms with Crippen molar-refractivity contribution in [3.05, 3.63) is 119 Å². The first-order chi connectivity index (χ1) is 22.3. The zero-order valence-electron chi connectivity index (χ0n) is 24.8. The molecular weight excluding hydrogens is 590 g/mol. The number of carboxylic acid groups (broad SMARTS) is 1. The lowest BCUT2D eigenvalue weighted by Gasteiger charge is -2.18. The second-order valence-electron chi connectivity index (χ2n) is 10.7. The average molecular weight is 624 g/mol. The number of anilines is 1. The smallest absolute Gasteiger partial charge is 0.407 e. The number of benzene rings is 4. The Balaban J connectivity index is 1.10. The number of carboxylic acids is 1. The Labute approximate surface area is 265 Å². The number of rotatable bonds is 12. The zero-order chi connectivity index (χ0) is 32.5. The van der Waals surface area contributed by atoms with Gasteiger partial charge in [0, 0.05) is 5.92 Å². The van der Waals surface area contributed by atoms with E-state index in [-0.39, 0.29) is 43.4 Å². The number of carbonyl (C=O) groups excluding carboxylic acids is 3. The van der Waals surface area contributed by atoms with Gasteiger partial charge in [-0.1, -0.05) is 84.9 Å². The van der Waals surface area contributed by atoms with Crippen LogP contribution >= 0.6 is 0 Å². The molecule has 3 amide bonds. The van der Waals surface area contributed by atoms with E-state index < -0.39 is 36.6 Å². The van der Waals surface area contributed by atoms with Gasteiger partial charge in [0.1, 0.15) is 31.5 Å². The number of fused-ring (bicyclic) bond motifs is 3. The summed E-state index contributed by atoms with van der Waals surface area (Å²) >= 11 is 0. The monoisotopic (exact) mass is 623 g/mol. The second-order valence-corrected chi connectivity index (χ2v) is 10.7. The Morgan fingerprint density at radius 3 is 2.09 bits per heavy atom. The molecule has 1 aliphatic rings. The number of aryl methyl sites for hydroxylation is 1. The van der Waals surface area contributed by atoms with Crippen LogP contribution in [0.1, 0.15) is 34.6 Å². The molecule has 5 N–H and O–H groups in total. The summed E-state index contributed by atoms with van der Waals surface area (Å²) in [7, 11) is 0. The van der Waals surface area contributed by atoms with Crippen molar-refractivity contribution in [2.24, 2.45) is 0 Å². The molecule has 1 aliphatic carbocycles. The standard InChI is InChI=1S/C35H33N3O8/c39-31-17-15-22(18-30(31)37-32(40)19-36-34(43)45-20-23-8-2-1-3-9-23)14-16-29(33(41)42)38-35(44)46-21-28-26-12-6-4-10-24(26)25-11-5-7-13-27(25)28/h1-13,15,17-18,28-29,39H,14,16,19-21H2,(H,36,43)(H,37,40)(H,38,44)(H,41,42)/t29-/m0/s1. The van der Waals surface area contributed by atoms with Crippen molar-refractivity contribution < 1.29 is 38.9 Å². The summed E-state index contributed by atoms with van der Waals surface area (Å²) in [4.78, 5) is 49.0. The molecule has 236 valence electrons. The first-order valence-corrected chi connectivity index (χ1v) is 14.7. The van der Waals surface area contributed by atoms with Gasteiger partial charge in [-0.15, -0.1) is 0 Å². The molecular formula is C35H33N3O8. The molecule has 0 bridgehead atoms. The van der Waals surface area contributed by atoms with Crippen LogP contribution in [0.3, 0.4) is 0 Å². The first kappa shape index (κ1) is 31.6. The molecule has 0 aliphatic heterocycles. The van der Waals surface area contributed by atoms with Gasteiger partial charge in [-0.05, 0) is 58.4 Å². The fourth-order valence-corrected chi connectivity index (χ4v) is 5.31. The molecule has 0 radical (unpaired) electrons. The molecule has 0 fully saturated rings. The number of aromatic hydroxyl groups is 1. The summed E-state index contributed by atoms with van der Waals surface area (Å²) in [5.41, 5.74) is 5.72. The van der Waals surface area contributed by atoms with Crippen LogP contribution in [0.15, 0.2) is 97.1 Å². The summed E-state index contributed by atoms with van der Waals surface area (Å²) in [6.07, 6.45) is -1.40. The van der Waals surface area contributed by atoms with Gasteiger partial charge >= 0.3 is 18.2 Å². The van der Waals surface area contributed by atoms with Crippen LogP contribution in [0.5, 0.6) is 5.75 Å². The predicted octanol–water partition coefficient (Wildman–Crippen LogP) is 5.18. The number of hydrogen-bond acceptors (Lipinski definition) is 7. The molecule has 46 heavy (non-hydrogen) atoms. The van der Waals surface area contributed by atoms with Crippen LogP contribution in [0, 0.1) is 0 Å². The van der Waals surface area contributed by atoms with E-state index in [9.17, 15) is 29.4 Å². The molecule has 0 saturated heterocycles. The Kier molecular flexibility index (Phi) is 10.1. The molecule has 11 nitrogen and oxygen atoms in total. The molecule has 1 atom stereocenters. The molecule has 0 aromatic heterocycles. The van der Waals surface area contributed by atoms with E-state index >= 15 is 0 Å². The van der Waals surface area contributed by atoms with Gasteiger partial charge in [0.05, 0.1) is 5.69 Å². The number of amides is 3. The Morgan fingerprint density at radius 2 is 1.41 bits per heavy atom. The van der Waals surface area contributed by atoms with Gasteiger partial charge < -0.3 is 35.6 Å². The summed E-state index contributed by atoms with van der Waals surface area (Å²) < 4.78 is 10.6. The highest BCUT2D eigenvalue weighted by Crippen LogP contribution is 2.44. The number of aliphatic carboxylic acids is 1. The van der Waals surface area contributed by atoms with Crippen molar-refractivity contribution in [1.29, 1.82) is 0 Å². The van der Waals surface area contributed by atoms with Crippen LogP contribution in [0.4, 0.5) is 15.3 Å². The maximum Gasteiger partial charge on any atom is 0.407 e. The zero-order valence-corrected chi connectivity index (χ0v) is 24.8. The minimum Gasteiger partial charge on any atom is -0.506 e. The lowest BCUT2D eigenvalue weighted by atomic mass is 9.98. The average Bonchev–Trinajstić information content (AvgIpc) is 3.39. The third-order valence-corrected chi connectivity index (χ3v) is 7.60. The van der Waals surface area contributed by atoms with Crippen LogP contribution < -0.4 is 16.0 Å². The quantitative estimate of drug-likeness (QED) is 0.135. The van der Waals surface area contributed by atoms with E-state index in [1.54, 1.807) is 18.2 Å². The van der Waals surface area contributed by atoms with Crippen molar-refractivity contribution in [2.45, 2.75) is 31.4 Å². The lowest BCUT2D eigenvalue weighted by molar-refractivity contribution is -0.139. The van der Waals surface area contributed by atoms with Crippen LogP contribution in [0.2, 0.25) is 0 Å². The minimum absolute atomic E-state index is 0.0203. The first-order valence-electron chi connectivity index (χ1n) is 14.7. The predicted molar refractivity (Wildman–Crippen MR) is 169 cm³/mol. The maximum atomic E-state index is 12.7. The van der Waals surface area contributed by atoms with E-state index in [2.05, 4.69) is 16.0 Å². The van der Waals surface area contributed by atoms with Crippen LogP contribution in [0.25, 0.3) is 11.1 Å². The highest BCUT2D eigenvalue weighted by Gasteiger charge is 2.29. The van der Waals surface area contributed by atoms with E-state index in [0.717, 1.165) is 27.8 Å². The van der Waals surface area contributed by atoms with E-state index in [0.29, 0.717) is 5.56 Å². The molecule has 5 rings (SSSR count). The number of ether oxygens (including phenoxy) is 2. The van der Waals surface area contributed by atoms with Crippen LogP contribution in [-0.4, -0.2) is 53.5 Å². The fourth-order valence-electron chi connectivity index (χ4n) is 5.31. The van der Waals surface area contributed by atoms with Crippen molar-refractivity contribution in [3.8, 4) is 16.9 Å². The molecule has 0 unspecified atom stereocenters. The van der Waals surface area contributed by atoms with Crippen LogP contribution in [-0.2, 0) is 32.1 Å². The Hall–Kier alpha value is -5.84. The van der Waals surface area contributed by atoms with Crippen molar-refractivity contribution >= 4 is 29.8 Å². The number of hydrogen-bond donors (Lipinski definition) is 5. The Morgan fingerprint density at radius 1 is 0.761 bits per heavy atom. The van der Waals surface area contributed by atoms with Gasteiger partial charge in [0.25, 0.3) is 0 Å². The topological polar surface area (TPSA) is 163 Å². The summed E-state index contributed by atoms with van der Waals surface area (Å²) in [5, 5.41) is 27.3. The normalized spacial score (nSPS) is 12.3. The van der Waals surface area contributed by atoms with Crippen molar-refractivity contribution in [3.63, 3.8) is 0 Å². The van der Waals surface area contributed by atoms with E-state index in [4.69, 9.17) is 9.47 Å². The summed E-state index contributed by atoms with van der Waals surface area (Å²) in [6.45, 7) is -0.306. The molecule has 11 heteroatoms. The van der Waals surface area contributed by atoms with Gasteiger partial charge in [0.2, 0.25) is 5.91 Å². The Bertz CT molecular complexity index is 1680. The van der Waals surface area contributed by atoms with Gasteiger partial charge in [-0.25, -0.2) is 14.4 Å². The highest BCUT2D eigenvalue weighted by molar-refractivity contribution is 5.95. The molecule has 0 saturated carbocycles. The van der Waals surface area contributed by atoms with Gasteiger partial charge in [-0.3, -0.25) is 4.79 Å². The maximum absolute atomic E-state index is 12.7. The third kappa shape index (κ3) is 8.00. The number of nitrogens with one attached hydrogen (secondary N) is 3. The highest BCUT2D eigenvalue weighted by atomic mass is 16.6. The SMILES string of the molecule is O=C(CNC(=O)OCc1ccccc1)Nc1cc(CC[C@H](NC(=O)OCC2c3ccccc3-c3ccccc32)C(=O)O)ccc1O. The fraction of sp³-hybridized carbons (Fsp3) is 0.200. The summed E-state index contributed by atoms with van der Waals surface area (Å²) in [5.74, 6) is -2.21. The third-order valence-electron chi connectivity index (χ3n) is 7.60. The number of alkyl carbamates (subject to hydrolysis) is 2. The largest absolute Gasteiger partial charge is 0.506 e. The second kappa shape index (κ2) is 14.8. The van der Waals surface area contributed by atoms with E-state index in [1.165, 1.54) is 12.1 Å².